The predicted molar refractivity (Wildman–Crippen MR) is 406 cm³/mol. The van der Waals surface area contributed by atoms with Gasteiger partial charge in [0.05, 0.1) is 31.3 Å². The van der Waals surface area contributed by atoms with Crippen LogP contribution in [0.1, 0.15) is 42.2 Å². The zero-order chi connectivity index (χ0) is 65.3. The Balaban J connectivity index is 0.000000191. The minimum Gasteiger partial charge on any atom is -1.00 e. The van der Waals surface area contributed by atoms with Crippen LogP contribution >= 0.6 is 0 Å². The second-order valence-electron chi connectivity index (χ2n) is 25.3. The van der Waals surface area contributed by atoms with Gasteiger partial charge in [0, 0.05) is 22.7 Å². The van der Waals surface area contributed by atoms with E-state index < -0.39 is 7.15 Å². The summed E-state index contributed by atoms with van der Waals surface area (Å²) in [5.41, 5.74) is 21.3. The van der Waals surface area contributed by atoms with E-state index in [1.165, 1.54) is 120 Å². The van der Waals surface area contributed by atoms with Crippen LogP contribution < -0.4 is 36.6 Å². The summed E-state index contributed by atoms with van der Waals surface area (Å²) in [7, 11) is -1.00. The highest BCUT2D eigenvalue weighted by Crippen LogP contribution is 2.58. The molecule has 0 N–H and O–H groups in total. The number of benzene rings is 15. The second-order valence-corrected chi connectivity index (χ2v) is 25.3. The number of hydrogen-bond acceptors (Lipinski definition) is 4. The van der Waals surface area contributed by atoms with Crippen molar-refractivity contribution in [1.29, 1.82) is 0 Å². The third-order valence-electron chi connectivity index (χ3n) is 19.5. The normalized spacial score (nSPS) is 12.6. The van der Waals surface area contributed by atoms with Gasteiger partial charge in [-0.1, -0.05) is 189 Å². The lowest BCUT2D eigenvalue weighted by atomic mass is 10.1. The first-order chi connectivity index (χ1) is 47.0. The van der Waals surface area contributed by atoms with E-state index in [-0.39, 0.29) is 19.8 Å². The topological polar surface area (TPSA) is 21.8 Å². The summed E-state index contributed by atoms with van der Waals surface area (Å²) in [4.78, 5) is 10.1. The quantitative estimate of drug-likeness (QED) is 0.155. The van der Waals surface area contributed by atoms with Gasteiger partial charge in [0.15, 0.2) is 22.7 Å². The maximum atomic E-state index is 9.96. The standard InChI is InChI=1S/C58H44N4.C29H23N2.CH3F.CH4.ClH/c1-37-29-53-54(30-38(37)2)60(50-26-22-42-14-6-10-18-46(42)34-50)57(59(53)49-25-21-41-13-5-9-17-45(41)33-49)58-61(51-27-23-43-15-7-11-19-47(43)35-51)55-31-39(3)40(4)32-56(55)62(58)52-28-24-44-16-8-12-20-48(44)36-52;1-20-15-28-29(16-21(20)2)31(27-14-12-23-8-4-6-10-25(23)18-27)19-30(28)26-13-11-22-7-3-5-9-24(22)17-26;1-2;;/h5-36H,1-4H3;3-19H,1-2H3;1H3;1H4;1H/q;+1;;;/p-1/i;;1D;;. The Labute approximate surface area is 574 Å². The van der Waals surface area contributed by atoms with Gasteiger partial charge in [0.2, 0.25) is 0 Å². The first kappa shape index (κ1) is 61.7. The number of nitrogens with zero attached hydrogens (tertiary/aromatic N) is 6. The number of aryl methyl sites for hydroxylation is 6. The van der Waals surface area contributed by atoms with Crippen LogP contribution in [0.15, 0.2) is 309 Å². The summed E-state index contributed by atoms with van der Waals surface area (Å²) < 4.78 is 20.1. The number of alkyl halides is 1. The van der Waals surface area contributed by atoms with Crippen molar-refractivity contribution in [3.8, 4) is 11.4 Å². The Bertz CT molecular complexity index is 5240. The van der Waals surface area contributed by atoms with Crippen molar-refractivity contribution in [2.45, 2.75) is 49.0 Å². The van der Waals surface area contributed by atoms with Crippen LogP contribution in [0.2, 0.25) is 0 Å². The largest absolute Gasteiger partial charge is 1.00 e. The van der Waals surface area contributed by atoms with Gasteiger partial charge >= 0.3 is 0 Å². The van der Waals surface area contributed by atoms with E-state index in [1.54, 1.807) is 0 Å². The van der Waals surface area contributed by atoms with E-state index >= 15 is 0 Å². The maximum Gasteiger partial charge on any atom is 0.255 e. The molecule has 8 heteroatoms. The molecule has 0 spiro atoms. The van der Waals surface area contributed by atoms with Crippen molar-refractivity contribution < 1.29 is 22.7 Å². The lowest BCUT2D eigenvalue weighted by Crippen LogP contribution is -3.00. The molecule has 0 saturated carbocycles. The first-order valence-electron chi connectivity index (χ1n) is 33.2. The molecule has 0 atom stereocenters. The van der Waals surface area contributed by atoms with Crippen LogP contribution in [-0.2, 0) is 0 Å². The third kappa shape index (κ3) is 11.0. The highest BCUT2D eigenvalue weighted by Gasteiger charge is 2.45. The number of aromatic nitrogens is 2. The van der Waals surface area contributed by atoms with Crippen molar-refractivity contribution in [2.24, 2.45) is 0 Å². The Kier molecular flexibility index (Phi) is 16.3. The average molecular weight is 1280 g/mol. The van der Waals surface area contributed by atoms with Crippen molar-refractivity contribution in [1.82, 2.24) is 4.57 Å². The zero-order valence-electron chi connectivity index (χ0n) is 55.4. The number of imidazole rings is 1. The number of hydrogen-bond donors (Lipinski definition) is 0. The zero-order valence-corrected chi connectivity index (χ0v) is 55.2. The SMILES string of the molecule is C.Cc1cc2c(cc1C)N(c1ccc3ccccc3c1)C(=C1N(c3ccc4ccccc4c3)c3cc(C)c(C)cc3N1c1ccc3ccccc3c1)N2c1ccc2ccccc2c1.Cc1cc2c(cc1C)[n+](-c1ccc3ccccc3c1)cn2-c1ccc2ccccc2c1.[2H]CF.[Cl-]. The molecule has 0 fully saturated rings. The highest BCUT2D eigenvalue weighted by molar-refractivity contribution is 6.04. The molecule has 0 bridgehead atoms. The van der Waals surface area contributed by atoms with Gasteiger partial charge in [-0.3, -0.25) is 24.0 Å². The van der Waals surface area contributed by atoms with Crippen LogP contribution in [0.25, 0.3) is 87.0 Å². The molecule has 6 nitrogen and oxygen atoms in total. The highest BCUT2D eigenvalue weighted by atomic mass is 35.5. The smallest absolute Gasteiger partial charge is 0.255 e. The number of rotatable bonds is 6. The fraction of sp³-hybridized carbons (Fsp3) is 0.0899. The minimum absolute atomic E-state index is 0. The Morgan fingerprint density at radius 1 is 0.289 bits per heavy atom. The molecule has 0 amide bonds. The Hall–Kier alpha value is -11.5. The van der Waals surface area contributed by atoms with E-state index in [1.807, 2.05) is 0 Å². The van der Waals surface area contributed by atoms with E-state index in [4.69, 9.17) is 1.37 Å². The molecule has 2 aliphatic rings. The fourth-order valence-electron chi connectivity index (χ4n) is 14.1. The summed E-state index contributed by atoms with van der Waals surface area (Å²) in [5.74, 6) is 2.09. The lowest BCUT2D eigenvalue weighted by molar-refractivity contribution is -0.567. The van der Waals surface area contributed by atoms with Crippen LogP contribution in [-0.4, -0.2) is 11.7 Å². The van der Waals surface area contributed by atoms with Crippen molar-refractivity contribution in [2.75, 3.05) is 26.8 Å². The molecule has 0 saturated heterocycles. The number of halogens is 2. The molecular weight excluding hydrogens is 1210 g/mol. The average Bonchev–Trinajstić information content (AvgIpc) is 1.54. The Morgan fingerprint density at radius 3 is 0.856 bits per heavy atom. The second kappa shape index (κ2) is 25.7. The molecule has 2 aliphatic heterocycles. The fourth-order valence-corrected chi connectivity index (χ4v) is 14.1. The van der Waals surface area contributed by atoms with Crippen molar-refractivity contribution in [3.63, 3.8) is 0 Å². The van der Waals surface area contributed by atoms with E-state index in [9.17, 15) is 4.39 Å². The van der Waals surface area contributed by atoms with Crippen LogP contribution in [0.5, 0.6) is 0 Å². The van der Waals surface area contributed by atoms with Gasteiger partial charge < -0.3 is 12.4 Å². The molecule has 0 radical (unpaired) electrons. The molecule has 3 heterocycles. The minimum atomic E-state index is -1.00. The summed E-state index contributed by atoms with van der Waals surface area (Å²) in [5, 5.41) is 14.7. The van der Waals surface area contributed by atoms with Crippen LogP contribution in [0.4, 0.5) is 49.9 Å². The van der Waals surface area contributed by atoms with Crippen molar-refractivity contribution in [3.05, 3.63) is 343 Å². The first-order valence-corrected chi connectivity index (χ1v) is 32.5. The maximum absolute atomic E-state index is 9.96. The van der Waals surface area contributed by atoms with Gasteiger partial charge in [-0.2, -0.15) is 9.13 Å². The molecule has 16 aromatic rings. The molecule has 97 heavy (non-hydrogen) atoms. The number of anilines is 8. The van der Waals surface area contributed by atoms with Gasteiger partial charge in [0.1, 0.15) is 11.4 Å². The molecule has 0 unspecified atom stereocenters. The molecular formula is C89H74ClFN6. The van der Waals surface area contributed by atoms with Crippen LogP contribution in [0, 0.1) is 41.5 Å². The van der Waals surface area contributed by atoms with Gasteiger partial charge in [0.25, 0.3) is 6.33 Å². The summed E-state index contributed by atoms with van der Waals surface area (Å²) >= 11 is 0. The molecule has 15 aromatic carbocycles. The summed E-state index contributed by atoms with van der Waals surface area (Å²) in [6, 6.07) is 107. The summed E-state index contributed by atoms with van der Waals surface area (Å²) in [6.45, 7) is 13.3. The summed E-state index contributed by atoms with van der Waals surface area (Å²) in [6.07, 6.45) is 2.22. The molecule has 474 valence electrons. The van der Waals surface area contributed by atoms with E-state index in [0.717, 1.165) is 57.1 Å². The molecule has 18 rings (SSSR count). The van der Waals surface area contributed by atoms with Gasteiger partial charge in [-0.15, -0.1) is 0 Å². The van der Waals surface area contributed by atoms with Gasteiger partial charge in [-0.05, 0) is 249 Å². The number of fused-ring (bicyclic) bond motifs is 9. The molecule has 1 aromatic heterocycles. The predicted octanol–water partition coefficient (Wildman–Crippen LogP) is 21.0. The molecule has 0 aliphatic carbocycles. The van der Waals surface area contributed by atoms with Crippen LogP contribution in [0.3, 0.4) is 0 Å². The van der Waals surface area contributed by atoms with Gasteiger partial charge in [-0.25, -0.2) is 0 Å². The third-order valence-corrected chi connectivity index (χ3v) is 19.5. The lowest BCUT2D eigenvalue weighted by Gasteiger charge is -2.34. The van der Waals surface area contributed by atoms with E-state index in [2.05, 4.69) is 368 Å². The Morgan fingerprint density at radius 2 is 0.536 bits per heavy atom. The van der Waals surface area contributed by atoms with Crippen molar-refractivity contribution >= 4 is 121 Å². The van der Waals surface area contributed by atoms with E-state index in [0.29, 0.717) is 0 Å². The monoisotopic (exact) mass is 1280 g/mol.